The van der Waals surface area contributed by atoms with E-state index >= 15 is 0 Å². The summed E-state index contributed by atoms with van der Waals surface area (Å²) >= 11 is 0. The Morgan fingerprint density at radius 2 is 1.56 bits per heavy atom. The third kappa shape index (κ3) is 6.84. The van der Waals surface area contributed by atoms with Gasteiger partial charge in [-0.15, -0.1) is 0 Å². The zero-order valence-corrected chi connectivity index (χ0v) is 17.4. The Hall–Kier alpha value is 1.58. The van der Waals surface area contributed by atoms with Gasteiger partial charge in [0.25, 0.3) is 0 Å². The summed E-state index contributed by atoms with van der Waals surface area (Å²) in [7, 11) is 0. The maximum atomic E-state index is 11.0. The second-order valence-electron chi connectivity index (χ2n) is 4.38. The molecule has 0 aromatic carbocycles. The Balaban J connectivity index is -0.00000112. The minimum atomic E-state index is -1.87. The Bertz CT molecular complexity index is 244. The zero-order valence-electron chi connectivity index (χ0n) is 12.2. The van der Waals surface area contributed by atoms with Crippen molar-refractivity contribution in [3.8, 4) is 0 Å². The summed E-state index contributed by atoms with van der Waals surface area (Å²) < 4.78 is 0. The third-order valence-corrected chi connectivity index (χ3v) is 3.31. The number of carboxylic acid groups (broad SMARTS) is 2. The van der Waals surface area contributed by atoms with Crippen LogP contribution in [0.5, 0.6) is 0 Å². The maximum absolute atomic E-state index is 11.0. The van der Waals surface area contributed by atoms with E-state index in [1.165, 1.54) is 6.92 Å². The molecule has 0 heterocycles. The van der Waals surface area contributed by atoms with Crippen LogP contribution < -0.4 is 91.2 Å². The fraction of sp³-hybridized carbons (Fsp3) is 0.833. The molecule has 0 saturated heterocycles. The van der Waals surface area contributed by atoms with Gasteiger partial charge in [0.1, 0.15) is 0 Å². The summed E-state index contributed by atoms with van der Waals surface area (Å²) in [5, 5.41) is 21.9. The first-order valence-corrected chi connectivity index (χ1v) is 5.84. The number of hydrogen-bond acceptors (Lipinski definition) is 4. The van der Waals surface area contributed by atoms with Crippen LogP contribution in [-0.4, -0.2) is 11.9 Å². The first-order chi connectivity index (χ1) is 7.41. The number of aliphatic carboxylic acids is 2. The van der Waals surface area contributed by atoms with E-state index in [9.17, 15) is 19.8 Å². The van der Waals surface area contributed by atoms with Crippen LogP contribution >= 0.6 is 0 Å². The molecule has 0 aliphatic heterocycles. The van der Waals surface area contributed by atoms with Gasteiger partial charge in [0, 0.05) is 5.41 Å². The van der Waals surface area contributed by atoms with Crippen molar-refractivity contribution in [3.05, 3.63) is 0 Å². The number of hydrogen-bond donors (Lipinski definition) is 0. The molecule has 0 aliphatic rings. The van der Waals surface area contributed by atoms with E-state index in [0.29, 0.717) is 12.8 Å². The van der Waals surface area contributed by atoms with E-state index in [-0.39, 0.29) is 80.9 Å². The minimum Gasteiger partial charge on any atom is -0.549 e. The number of rotatable bonds is 8. The zero-order chi connectivity index (χ0) is 12.8. The molecular weight excluding hydrogens is 270 g/mol. The van der Waals surface area contributed by atoms with Gasteiger partial charge in [-0.25, -0.2) is 0 Å². The van der Waals surface area contributed by atoms with Gasteiger partial charge in [-0.3, -0.25) is 0 Å². The van der Waals surface area contributed by atoms with Gasteiger partial charge in [-0.05, 0) is 19.3 Å². The van der Waals surface area contributed by atoms with Crippen LogP contribution in [0.15, 0.2) is 0 Å². The average Bonchev–Trinajstić information content (AvgIpc) is 2.23. The van der Waals surface area contributed by atoms with Crippen molar-refractivity contribution in [2.24, 2.45) is 11.3 Å². The normalized spacial score (nSPS) is 11.9. The molecule has 0 saturated carbocycles. The smallest absolute Gasteiger partial charge is 0.549 e. The van der Waals surface area contributed by atoms with Gasteiger partial charge >= 0.3 is 80.9 Å². The first-order valence-electron chi connectivity index (χ1n) is 5.84. The number of carbonyl (C=O) groups excluding carboxylic acids is 2. The molecule has 0 aliphatic carbocycles. The molecule has 6 heteroatoms. The molecule has 0 fully saturated rings. The number of carboxylic acids is 2. The van der Waals surface area contributed by atoms with E-state index in [0.717, 1.165) is 19.3 Å². The second kappa shape index (κ2) is 12.3. The molecule has 18 heavy (non-hydrogen) atoms. The maximum Gasteiger partial charge on any atom is 1.00 e. The predicted molar refractivity (Wildman–Crippen MR) is 56.0 cm³/mol. The minimum absolute atomic E-state index is 0. The molecule has 0 N–H and O–H groups in total. The molecule has 1 atom stereocenters. The summed E-state index contributed by atoms with van der Waals surface area (Å²) in [4.78, 5) is 21.9. The van der Waals surface area contributed by atoms with Crippen molar-refractivity contribution in [1.29, 1.82) is 0 Å². The quantitative estimate of drug-likeness (QED) is 0.253. The van der Waals surface area contributed by atoms with Crippen LogP contribution in [0.4, 0.5) is 0 Å². The van der Waals surface area contributed by atoms with Crippen LogP contribution in [0.1, 0.15) is 52.9 Å². The topological polar surface area (TPSA) is 80.3 Å². The molecular formula is C12H20KNaO4. The van der Waals surface area contributed by atoms with E-state index in [1.807, 2.05) is 6.92 Å². The Kier molecular flexibility index (Phi) is 16.8. The van der Waals surface area contributed by atoms with Crippen molar-refractivity contribution in [2.75, 3.05) is 0 Å². The first kappa shape index (κ1) is 24.6. The van der Waals surface area contributed by atoms with Crippen LogP contribution in [0.3, 0.4) is 0 Å². The SMILES string of the molecule is CCCCCC(CC)C(C)(C(=O)[O-])C(=O)[O-].[K+].[Na+]. The van der Waals surface area contributed by atoms with E-state index in [4.69, 9.17) is 0 Å². The average molecular weight is 290 g/mol. The van der Waals surface area contributed by atoms with E-state index in [2.05, 4.69) is 0 Å². The van der Waals surface area contributed by atoms with Gasteiger partial charge in [0.2, 0.25) is 0 Å². The van der Waals surface area contributed by atoms with Crippen molar-refractivity contribution in [3.63, 3.8) is 0 Å². The van der Waals surface area contributed by atoms with Crippen molar-refractivity contribution in [2.45, 2.75) is 52.9 Å². The molecule has 0 aromatic heterocycles. The monoisotopic (exact) mass is 290 g/mol. The molecule has 0 amide bonds. The molecule has 0 radical (unpaired) electrons. The van der Waals surface area contributed by atoms with Crippen LogP contribution in [0.2, 0.25) is 0 Å². The number of unbranched alkanes of at least 4 members (excludes halogenated alkanes) is 2. The summed E-state index contributed by atoms with van der Waals surface area (Å²) in [5.41, 5.74) is -1.87. The summed E-state index contributed by atoms with van der Waals surface area (Å²) in [6.45, 7) is 5.02. The fourth-order valence-corrected chi connectivity index (χ4v) is 1.96. The van der Waals surface area contributed by atoms with Gasteiger partial charge < -0.3 is 19.8 Å². The van der Waals surface area contributed by atoms with Gasteiger partial charge in [-0.1, -0.05) is 39.5 Å². The molecule has 1 unspecified atom stereocenters. The molecule has 4 nitrogen and oxygen atoms in total. The van der Waals surface area contributed by atoms with Gasteiger partial charge in [0.15, 0.2) is 0 Å². The van der Waals surface area contributed by atoms with Crippen LogP contribution in [0, 0.1) is 11.3 Å². The predicted octanol–water partition coefficient (Wildman–Crippen LogP) is -5.89. The third-order valence-electron chi connectivity index (χ3n) is 3.31. The molecule has 0 bridgehead atoms. The van der Waals surface area contributed by atoms with Crippen molar-refractivity contribution >= 4 is 11.9 Å². The van der Waals surface area contributed by atoms with Crippen molar-refractivity contribution in [1.82, 2.24) is 0 Å². The summed E-state index contributed by atoms with van der Waals surface area (Å²) in [5.74, 6) is -3.51. The Morgan fingerprint density at radius 1 is 1.11 bits per heavy atom. The van der Waals surface area contributed by atoms with Crippen LogP contribution in [0.25, 0.3) is 0 Å². The van der Waals surface area contributed by atoms with Crippen molar-refractivity contribution < 1.29 is 101 Å². The Labute approximate surface area is 174 Å². The number of carbonyl (C=O) groups is 2. The van der Waals surface area contributed by atoms with E-state index in [1.54, 1.807) is 6.92 Å². The van der Waals surface area contributed by atoms with Gasteiger partial charge in [-0.2, -0.15) is 0 Å². The Morgan fingerprint density at radius 3 is 1.83 bits per heavy atom. The standard InChI is InChI=1S/C12H22O4.K.Na/c1-4-6-7-8-9(5-2)12(3,10(13)14)11(15)16;;/h9H,4-8H2,1-3H3,(H,13,14)(H,15,16);;/q;2*+1/p-2. The molecule has 94 valence electrons. The van der Waals surface area contributed by atoms with Gasteiger partial charge in [0.05, 0.1) is 11.9 Å². The van der Waals surface area contributed by atoms with E-state index < -0.39 is 23.3 Å². The van der Waals surface area contributed by atoms with Crippen LogP contribution in [-0.2, 0) is 9.59 Å². The largest absolute Gasteiger partial charge is 1.00 e. The second-order valence-corrected chi connectivity index (χ2v) is 4.38. The fourth-order valence-electron chi connectivity index (χ4n) is 1.96. The molecule has 0 spiro atoms. The summed E-state index contributed by atoms with van der Waals surface area (Å²) in [6.07, 6.45) is 3.92. The molecule has 0 rings (SSSR count). The summed E-state index contributed by atoms with van der Waals surface area (Å²) in [6, 6.07) is 0. The molecule has 0 aromatic rings.